The van der Waals surface area contributed by atoms with Gasteiger partial charge in [-0.05, 0) is 51.6 Å². The van der Waals surface area contributed by atoms with Crippen molar-refractivity contribution in [2.75, 3.05) is 26.2 Å². The van der Waals surface area contributed by atoms with Gasteiger partial charge in [-0.1, -0.05) is 5.57 Å². The highest BCUT2D eigenvalue weighted by molar-refractivity contribution is 4.89. The van der Waals surface area contributed by atoms with E-state index >= 15 is 0 Å². The Kier molecular flexibility index (Phi) is 5.20. The van der Waals surface area contributed by atoms with Gasteiger partial charge in [-0.25, -0.2) is 0 Å². The average Bonchev–Trinajstić information content (AvgIpc) is 2.16. The second-order valence-electron chi connectivity index (χ2n) is 4.59. The first kappa shape index (κ1) is 11.7. The first-order valence-corrected chi connectivity index (χ1v) is 5.79. The van der Waals surface area contributed by atoms with Crippen molar-refractivity contribution < 1.29 is 0 Å². The smallest absolute Gasteiger partial charge is 0.00185 e. The third-order valence-corrected chi connectivity index (χ3v) is 3.03. The lowest BCUT2D eigenvalue weighted by molar-refractivity contribution is 0.172. The lowest BCUT2D eigenvalue weighted by Gasteiger charge is -2.32. The number of hydrogen-bond donors (Lipinski definition) is 1. The van der Waals surface area contributed by atoms with Crippen LogP contribution < -0.4 is 5.73 Å². The summed E-state index contributed by atoms with van der Waals surface area (Å²) in [7, 11) is 0. The monoisotopic (exact) mass is 196 g/mol. The van der Waals surface area contributed by atoms with Gasteiger partial charge in [-0.2, -0.15) is 0 Å². The Balaban J connectivity index is 2.21. The van der Waals surface area contributed by atoms with Gasteiger partial charge in [-0.3, -0.25) is 0 Å². The molecule has 2 nitrogen and oxygen atoms in total. The first-order chi connectivity index (χ1) is 6.72. The van der Waals surface area contributed by atoms with Crippen LogP contribution in [0.3, 0.4) is 0 Å². The molecule has 1 aliphatic rings. The van der Waals surface area contributed by atoms with Crippen molar-refractivity contribution in [2.24, 2.45) is 11.7 Å². The van der Waals surface area contributed by atoms with Crippen LogP contribution in [-0.4, -0.2) is 31.1 Å². The summed E-state index contributed by atoms with van der Waals surface area (Å²) in [5.74, 6) is 0.846. The van der Waals surface area contributed by atoms with Gasteiger partial charge < -0.3 is 10.6 Å². The van der Waals surface area contributed by atoms with Crippen molar-refractivity contribution in [1.29, 1.82) is 0 Å². The molecule has 2 heteroatoms. The molecule has 82 valence electrons. The van der Waals surface area contributed by atoms with E-state index in [1.54, 1.807) is 0 Å². The maximum atomic E-state index is 5.59. The Labute approximate surface area is 88.2 Å². The molecule has 0 radical (unpaired) electrons. The molecule has 0 bridgehead atoms. The molecule has 14 heavy (non-hydrogen) atoms. The highest BCUT2D eigenvalue weighted by Crippen LogP contribution is 2.19. The Hall–Kier alpha value is -0.340. The minimum Gasteiger partial charge on any atom is -0.330 e. The van der Waals surface area contributed by atoms with Gasteiger partial charge in [0.05, 0.1) is 0 Å². The Morgan fingerprint density at radius 2 is 2.36 bits per heavy atom. The van der Waals surface area contributed by atoms with E-state index in [-0.39, 0.29) is 0 Å². The summed E-state index contributed by atoms with van der Waals surface area (Å²) in [5.41, 5.74) is 6.89. The molecule has 0 aliphatic carbocycles. The summed E-state index contributed by atoms with van der Waals surface area (Å²) >= 11 is 0. The first-order valence-electron chi connectivity index (χ1n) is 5.79. The maximum Gasteiger partial charge on any atom is 0.00185 e. The van der Waals surface area contributed by atoms with Crippen LogP contribution in [0.5, 0.6) is 0 Å². The predicted molar refractivity (Wildman–Crippen MR) is 62.3 cm³/mol. The maximum absolute atomic E-state index is 5.59. The Bertz CT molecular complexity index is 175. The molecule has 1 rings (SSSR count). The summed E-state index contributed by atoms with van der Waals surface area (Å²) in [6, 6.07) is 0. The molecule has 0 saturated carbocycles. The van der Waals surface area contributed by atoms with Crippen LogP contribution in [0.2, 0.25) is 0 Å². The minimum absolute atomic E-state index is 0.846. The van der Waals surface area contributed by atoms with E-state index in [2.05, 4.69) is 18.4 Å². The van der Waals surface area contributed by atoms with E-state index < -0.39 is 0 Å². The molecule has 1 atom stereocenters. The van der Waals surface area contributed by atoms with Gasteiger partial charge in [-0.15, -0.1) is 6.58 Å². The number of piperidine rings is 1. The summed E-state index contributed by atoms with van der Waals surface area (Å²) in [6.45, 7) is 10.6. The second-order valence-corrected chi connectivity index (χ2v) is 4.59. The molecule has 1 aliphatic heterocycles. The van der Waals surface area contributed by atoms with E-state index in [1.807, 2.05) is 0 Å². The topological polar surface area (TPSA) is 29.3 Å². The van der Waals surface area contributed by atoms with Crippen LogP contribution in [0, 0.1) is 5.92 Å². The van der Waals surface area contributed by atoms with Gasteiger partial charge >= 0.3 is 0 Å². The molecule has 0 aromatic carbocycles. The number of hydrogen-bond acceptors (Lipinski definition) is 2. The molecule has 1 fully saturated rings. The van der Waals surface area contributed by atoms with Crippen LogP contribution in [0.15, 0.2) is 12.2 Å². The van der Waals surface area contributed by atoms with Gasteiger partial charge in [0.15, 0.2) is 0 Å². The van der Waals surface area contributed by atoms with E-state index in [9.17, 15) is 0 Å². The molecule has 1 unspecified atom stereocenters. The average molecular weight is 196 g/mol. The molecule has 1 heterocycles. The van der Waals surface area contributed by atoms with Gasteiger partial charge in [0.25, 0.3) is 0 Å². The Morgan fingerprint density at radius 1 is 1.57 bits per heavy atom. The fraction of sp³-hybridized carbons (Fsp3) is 0.833. The van der Waals surface area contributed by atoms with Gasteiger partial charge in [0.1, 0.15) is 0 Å². The van der Waals surface area contributed by atoms with Gasteiger partial charge in [0, 0.05) is 13.1 Å². The summed E-state index contributed by atoms with van der Waals surface area (Å²) < 4.78 is 0. The molecule has 2 N–H and O–H groups in total. The van der Waals surface area contributed by atoms with Crippen molar-refractivity contribution in [1.82, 2.24) is 4.90 Å². The van der Waals surface area contributed by atoms with Crippen molar-refractivity contribution in [3.8, 4) is 0 Å². The number of nitrogens with two attached hydrogens (primary N) is 1. The fourth-order valence-electron chi connectivity index (χ4n) is 2.17. The molecular weight excluding hydrogens is 172 g/mol. The highest BCUT2D eigenvalue weighted by Gasteiger charge is 2.18. The van der Waals surface area contributed by atoms with Crippen molar-refractivity contribution in [2.45, 2.75) is 32.6 Å². The Morgan fingerprint density at radius 3 is 3.00 bits per heavy atom. The zero-order chi connectivity index (χ0) is 10.4. The number of nitrogens with zero attached hydrogens (tertiary/aromatic N) is 1. The van der Waals surface area contributed by atoms with Crippen LogP contribution in [0.1, 0.15) is 32.6 Å². The quantitative estimate of drug-likeness (QED) is 0.682. The lowest BCUT2D eigenvalue weighted by Crippen LogP contribution is -2.36. The largest absolute Gasteiger partial charge is 0.330 e. The zero-order valence-electron chi connectivity index (χ0n) is 9.47. The fourth-order valence-corrected chi connectivity index (χ4v) is 2.17. The van der Waals surface area contributed by atoms with Crippen molar-refractivity contribution >= 4 is 0 Å². The SMILES string of the molecule is C=C(C)CCN1CCCC(CCN)C1. The standard InChI is InChI=1S/C12H24N2/c1-11(2)6-9-14-8-3-4-12(10-14)5-7-13/h12H,1,3-10,13H2,2H3. The van der Waals surface area contributed by atoms with E-state index in [1.165, 1.54) is 44.5 Å². The molecule has 0 amide bonds. The summed E-state index contributed by atoms with van der Waals surface area (Å²) in [6.07, 6.45) is 5.07. The molecular formula is C12H24N2. The normalized spacial score (nSPS) is 23.7. The predicted octanol–water partition coefficient (Wildman–Crippen LogP) is 2.01. The van der Waals surface area contributed by atoms with Crippen LogP contribution >= 0.6 is 0 Å². The van der Waals surface area contributed by atoms with E-state index in [4.69, 9.17) is 5.73 Å². The number of likely N-dealkylation sites (tertiary alicyclic amines) is 1. The van der Waals surface area contributed by atoms with Crippen molar-refractivity contribution in [3.63, 3.8) is 0 Å². The van der Waals surface area contributed by atoms with Crippen LogP contribution in [-0.2, 0) is 0 Å². The molecule has 0 aromatic rings. The zero-order valence-corrected chi connectivity index (χ0v) is 9.47. The summed E-state index contributed by atoms with van der Waals surface area (Å²) in [5, 5.41) is 0. The number of rotatable bonds is 5. The molecule has 0 aromatic heterocycles. The lowest BCUT2D eigenvalue weighted by atomic mass is 9.94. The van der Waals surface area contributed by atoms with Gasteiger partial charge in [0.2, 0.25) is 0 Å². The highest BCUT2D eigenvalue weighted by atomic mass is 15.1. The third-order valence-electron chi connectivity index (χ3n) is 3.03. The molecule has 1 saturated heterocycles. The third kappa shape index (κ3) is 4.25. The van der Waals surface area contributed by atoms with E-state index in [0.29, 0.717) is 0 Å². The summed E-state index contributed by atoms with van der Waals surface area (Å²) in [4.78, 5) is 2.57. The van der Waals surface area contributed by atoms with Crippen molar-refractivity contribution in [3.05, 3.63) is 12.2 Å². The van der Waals surface area contributed by atoms with Crippen LogP contribution in [0.4, 0.5) is 0 Å². The minimum atomic E-state index is 0.846. The van der Waals surface area contributed by atoms with E-state index in [0.717, 1.165) is 18.9 Å². The molecule has 0 spiro atoms. The van der Waals surface area contributed by atoms with Crippen LogP contribution in [0.25, 0.3) is 0 Å². The second kappa shape index (κ2) is 6.20.